The zero-order valence-electron chi connectivity index (χ0n) is 15.6. The normalized spacial score (nSPS) is 12.0. The summed E-state index contributed by atoms with van der Waals surface area (Å²) >= 11 is 6.19. The van der Waals surface area contributed by atoms with E-state index in [2.05, 4.69) is 5.32 Å². The van der Waals surface area contributed by atoms with Crippen molar-refractivity contribution in [2.24, 2.45) is 0 Å². The number of nitrogens with one attached hydrogen (secondary N) is 1. The Morgan fingerprint density at radius 2 is 1.74 bits per heavy atom. The molecule has 0 aromatic heterocycles. The molecule has 0 unspecified atom stereocenters. The minimum Gasteiger partial charge on any atom is -0.352 e. The van der Waals surface area contributed by atoms with Crippen molar-refractivity contribution in [3.63, 3.8) is 0 Å². The molecular formula is C21H21ClF3NO. The van der Waals surface area contributed by atoms with Gasteiger partial charge in [0.15, 0.2) is 17.5 Å². The van der Waals surface area contributed by atoms with Gasteiger partial charge < -0.3 is 5.32 Å². The summed E-state index contributed by atoms with van der Waals surface area (Å²) in [6.45, 7) is 7.70. The molecule has 1 amide bonds. The van der Waals surface area contributed by atoms with Crippen LogP contribution in [-0.2, 0) is 4.79 Å². The first-order valence-corrected chi connectivity index (χ1v) is 8.96. The Kier molecular flexibility index (Phi) is 6.71. The number of hydrogen-bond acceptors (Lipinski definition) is 1. The molecular weight excluding hydrogens is 375 g/mol. The number of halogens is 4. The lowest BCUT2D eigenvalue weighted by Crippen LogP contribution is -2.25. The van der Waals surface area contributed by atoms with Gasteiger partial charge in [-0.1, -0.05) is 18.5 Å². The standard InChI is InChI=1S/C21H21ClF3NO/c1-5-8-26-21(27)12(3)11(2)16-9-14(22)10-17(13(16)4)15-6-7-18(23)20(25)19(15)24/h6-7,9-10H,5,8H2,1-4H3,(H,26,27)/b12-11+. The zero-order chi connectivity index (χ0) is 20.3. The molecule has 6 heteroatoms. The molecule has 1 N–H and O–H groups in total. The van der Waals surface area contributed by atoms with E-state index in [-0.39, 0.29) is 11.5 Å². The van der Waals surface area contributed by atoms with Gasteiger partial charge in [0.05, 0.1) is 0 Å². The van der Waals surface area contributed by atoms with Gasteiger partial charge >= 0.3 is 0 Å². The van der Waals surface area contributed by atoms with E-state index >= 15 is 0 Å². The van der Waals surface area contributed by atoms with Crippen molar-refractivity contribution in [2.75, 3.05) is 6.54 Å². The quantitative estimate of drug-likeness (QED) is 0.484. The summed E-state index contributed by atoms with van der Waals surface area (Å²) in [5.74, 6) is -4.26. The Bertz CT molecular complexity index is 922. The molecule has 0 aliphatic rings. The summed E-state index contributed by atoms with van der Waals surface area (Å²) in [5.41, 5.74) is 2.69. The smallest absolute Gasteiger partial charge is 0.247 e. The minimum atomic E-state index is -1.53. The van der Waals surface area contributed by atoms with Gasteiger partial charge in [-0.05, 0) is 73.7 Å². The SMILES string of the molecule is CCCNC(=O)/C(C)=C(\C)c1cc(Cl)cc(-c2ccc(F)c(F)c2F)c1C. The van der Waals surface area contributed by atoms with Crippen molar-refractivity contribution >= 4 is 23.1 Å². The Morgan fingerprint density at radius 1 is 1.07 bits per heavy atom. The molecule has 0 fully saturated rings. The second kappa shape index (κ2) is 8.61. The van der Waals surface area contributed by atoms with Gasteiger partial charge in [0.25, 0.3) is 0 Å². The van der Waals surface area contributed by atoms with Crippen LogP contribution in [0.2, 0.25) is 5.02 Å². The third-order valence-corrected chi connectivity index (χ3v) is 4.76. The molecule has 0 aliphatic heterocycles. The summed E-state index contributed by atoms with van der Waals surface area (Å²) in [7, 11) is 0. The van der Waals surface area contributed by atoms with Crippen LogP contribution in [0.5, 0.6) is 0 Å². The van der Waals surface area contributed by atoms with E-state index in [1.54, 1.807) is 26.8 Å². The second-order valence-corrected chi connectivity index (χ2v) is 6.79. The van der Waals surface area contributed by atoms with Gasteiger partial charge in [-0.3, -0.25) is 4.79 Å². The Hall–Kier alpha value is -2.27. The highest BCUT2D eigenvalue weighted by Crippen LogP contribution is 2.35. The van der Waals surface area contributed by atoms with Gasteiger partial charge in [-0.25, -0.2) is 13.2 Å². The molecule has 0 radical (unpaired) electrons. The van der Waals surface area contributed by atoms with Crippen molar-refractivity contribution in [3.05, 3.63) is 63.4 Å². The van der Waals surface area contributed by atoms with E-state index in [0.717, 1.165) is 12.5 Å². The largest absolute Gasteiger partial charge is 0.352 e. The lowest BCUT2D eigenvalue weighted by atomic mass is 9.91. The first kappa shape index (κ1) is 21.0. The van der Waals surface area contributed by atoms with Gasteiger partial charge in [0.2, 0.25) is 5.91 Å². The average Bonchev–Trinajstić information content (AvgIpc) is 2.65. The topological polar surface area (TPSA) is 29.1 Å². The minimum absolute atomic E-state index is 0.0870. The van der Waals surface area contributed by atoms with E-state index < -0.39 is 17.5 Å². The number of hydrogen-bond donors (Lipinski definition) is 1. The number of carbonyl (C=O) groups is 1. The molecule has 0 heterocycles. The molecule has 27 heavy (non-hydrogen) atoms. The molecule has 0 spiro atoms. The van der Waals surface area contributed by atoms with Crippen molar-refractivity contribution in [1.29, 1.82) is 0 Å². The van der Waals surface area contributed by atoms with E-state index in [0.29, 0.717) is 39.4 Å². The maximum absolute atomic E-state index is 14.3. The van der Waals surface area contributed by atoms with E-state index in [9.17, 15) is 18.0 Å². The van der Waals surface area contributed by atoms with Gasteiger partial charge in [-0.15, -0.1) is 0 Å². The zero-order valence-corrected chi connectivity index (χ0v) is 16.4. The van der Waals surface area contributed by atoms with Gasteiger partial charge in [-0.2, -0.15) is 0 Å². The first-order chi connectivity index (χ1) is 12.7. The third-order valence-electron chi connectivity index (χ3n) is 4.54. The Balaban J connectivity index is 2.63. The number of allylic oxidation sites excluding steroid dienone is 1. The Morgan fingerprint density at radius 3 is 2.37 bits per heavy atom. The van der Waals surface area contributed by atoms with Gasteiger partial charge in [0.1, 0.15) is 0 Å². The molecule has 0 saturated carbocycles. The van der Waals surface area contributed by atoms with E-state index in [1.165, 1.54) is 12.1 Å². The molecule has 0 atom stereocenters. The van der Waals surface area contributed by atoms with Crippen molar-refractivity contribution in [2.45, 2.75) is 34.1 Å². The molecule has 0 bridgehead atoms. The summed E-state index contributed by atoms with van der Waals surface area (Å²) in [6, 6.07) is 5.22. The van der Waals surface area contributed by atoms with Crippen molar-refractivity contribution < 1.29 is 18.0 Å². The van der Waals surface area contributed by atoms with E-state index in [4.69, 9.17) is 11.6 Å². The lowest BCUT2D eigenvalue weighted by molar-refractivity contribution is -0.117. The number of benzene rings is 2. The summed E-state index contributed by atoms with van der Waals surface area (Å²) in [4.78, 5) is 12.3. The molecule has 2 rings (SSSR count). The molecule has 2 nitrogen and oxygen atoms in total. The summed E-state index contributed by atoms with van der Waals surface area (Å²) in [6.07, 6.45) is 0.813. The Labute approximate surface area is 162 Å². The van der Waals surface area contributed by atoms with Crippen LogP contribution in [0.25, 0.3) is 16.7 Å². The predicted molar refractivity (Wildman–Crippen MR) is 103 cm³/mol. The maximum Gasteiger partial charge on any atom is 0.247 e. The molecule has 2 aromatic carbocycles. The highest BCUT2D eigenvalue weighted by molar-refractivity contribution is 6.31. The number of carbonyl (C=O) groups excluding carboxylic acids is 1. The second-order valence-electron chi connectivity index (χ2n) is 6.35. The van der Waals surface area contributed by atoms with Crippen LogP contribution in [0.4, 0.5) is 13.2 Å². The van der Waals surface area contributed by atoms with Crippen LogP contribution >= 0.6 is 11.6 Å². The average molecular weight is 396 g/mol. The lowest BCUT2D eigenvalue weighted by Gasteiger charge is -2.16. The van der Waals surface area contributed by atoms with Crippen LogP contribution in [0.15, 0.2) is 29.8 Å². The van der Waals surface area contributed by atoms with Crippen molar-refractivity contribution in [1.82, 2.24) is 5.32 Å². The fourth-order valence-corrected chi connectivity index (χ4v) is 3.04. The predicted octanol–water partition coefficient (Wildman–Crippen LogP) is 6.05. The molecule has 2 aromatic rings. The fraction of sp³-hybridized carbons (Fsp3) is 0.286. The van der Waals surface area contributed by atoms with Gasteiger partial charge in [0, 0.05) is 22.7 Å². The molecule has 0 aliphatic carbocycles. The summed E-state index contributed by atoms with van der Waals surface area (Å²) in [5, 5.41) is 3.11. The number of amides is 1. The van der Waals surface area contributed by atoms with Crippen molar-refractivity contribution in [3.8, 4) is 11.1 Å². The first-order valence-electron chi connectivity index (χ1n) is 8.59. The van der Waals surface area contributed by atoms with Crippen LogP contribution in [0, 0.1) is 24.4 Å². The molecule has 0 saturated heterocycles. The maximum atomic E-state index is 14.3. The monoisotopic (exact) mass is 395 g/mol. The number of rotatable bonds is 5. The third kappa shape index (κ3) is 4.35. The highest BCUT2D eigenvalue weighted by Gasteiger charge is 2.19. The summed E-state index contributed by atoms with van der Waals surface area (Å²) < 4.78 is 41.2. The van der Waals surface area contributed by atoms with Crippen LogP contribution in [-0.4, -0.2) is 12.5 Å². The van der Waals surface area contributed by atoms with E-state index in [1.807, 2.05) is 6.92 Å². The van der Waals surface area contributed by atoms with Crippen LogP contribution in [0.3, 0.4) is 0 Å². The van der Waals surface area contributed by atoms with Crippen LogP contribution in [0.1, 0.15) is 38.3 Å². The molecule has 144 valence electrons. The fourth-order valence-electron chi connectivity index (χ4n) is 2.83. The van der Waals surface area contributed by atoms with Crippen LogP contribution < -0.4 is 5.32 Å². The highest BCUT2D eigenvalue weighted by atomic mass is 35.5.